The number of ether oxygens (including phenoxy) is 2. The lowest BCUT2D eigenvalue weighted by molar-refractivity contribution is -0.275. The third kappa shape index (κ3) is 4.14. The van der Waals surface area contributed by atoms with Crippen LogP contribution in [0.3, 0.4) is 0 Å². The summed E-state index contributed by atoms with van der Waals surface area (Å²) in [6.45, 7) is 0. The summed E-state index contributed by atoms with van der Waals surface area (Å²) in [7, 11) is 0.937. The second-order valence-electron chi connectivity index (χ2n) is 3.06. The van der Waals surface area contributed by atoms with Gasteiger partial charge >= 0.3 is 12.3 Å². The van der Waals surface area contributed by atoms with Crippen LogP contribution in [0.15, 0.2) is 6.07 Å². The molecule has 1 heterocycles. The Hall–Kier alpha value is -1.20. The Labute approximate surface area is 117 Å². The summed E-state index contributed by atoms with van der Waals surface area (Å²) < 4.78 is 68.9. The molecule has 1 aromatic heterocycles. The predicted octanol–water partition coefficient (Wildman–Crippen LogP) is 3.31. The highest BCUT2D eigenvalue weighted by atomic mass is 127. The molecule has 1 rings (SSSR count). The van der Waals surface area contributed by atoms with Crippen molar-refractivity contribution in [3.63, 3.8) is 0 Å². The zero-order valence-electron chi connectivity index (χ0n) is 9.09. The second kappa shape index (κ2) is 5.84. The number of aromatic nitrogens is 1. The van der Waals surface area contributed by atoms with Gasteiger partial charge in [-0.3, -0.25) is 0 Å². The third-order valence-electron chi connectivity index (χ3n) is 1.81. The molecule has 0 spiro atoms. The van der Waals surface area contributed by atoms with Crippen LogP contribution in [0, 0.1) is 3.70 Å². The maximum Gasteiger partial charge on any atom is 0.573 e. The van der Waals surface area contributed by atoms with E-state index in [2.05, 4.69) is 14.5 Å². The molecule has 0 N–H and O–H groups in total. The quantitative estimate of drug-likeness (QED) is 0.340. The summed E-state index contributed by atoms with van der Waals surface area (Å²) in [5.41, 5.74) is -1.75. The molecule has 0 unspecified atom stereocenters. The Morgan fingerprint density at radius 2 is 2.00 bits per heavy atom. The summed E-state index contributed by atoms with van der Waals surface area (Å²) in [5.74, 6) is -2.08. The number of hydrogen-bond acceptors (Lipinski definition) is 4. The van der Waals surface area contributed by atoms with E-state index < -0.39 is 35.8 Å². The highest BCUT2D eigenvalue weighted by Gasteiger charge is 2.34. The van der Waals surface area contributed by atoms with Crippen molar-refractivity contribution < 1.29 is 36.2 Å². The van der Waals surface area contributed by atoms with Gasteiger partial charge < -0.3 is 9.47 Å². The van der Waals surface area contributed by atoms with Crippen molar-refractivity contribution in [1.82, 2.24) is 4.98 Å². The fraction of sp³-hybridized carbons (Fsp3) is 0.333. The van der Waals surface area contributed by atoms with Crippen LogP contribution in [-0.2, 0) is 4.74 Å². The van der Waals surface area contributed by atoms with E-state index in [0.717, 1.165) is 7.11 Å². The average Bonchev–Trinajstić information content (AvgIpc) is 2.28. The number of nitrogens with zero attached hydrogens (tertiary/aromatic N) is 1. The molecule has 0 atom stereocenters. The molecule has 0 fully saturated rings. The topological polar surface area (TPSA) is 48.4 Å². The normalized spacial score (nSPS) is 11.6. The minimum atomic E-state index is -5.05. The Morgan fingerprint density at radius 3 is 2.42 bits per heavy atom. The van der Waals surface area contributed by atoms with Gasteiger partial charge in [-0.1, -0.05) is 0 Å². The van der Waals surface area contributed by atoms with Crippen LogP contribution in [0.1, 0.15) is 22.5 Å². The standard InChI is InChI=1S/C9H5F5INO3/c1-18-8(17)5-3(6(10)11)2-4(7(15)16-5)19-9(12,13)14/h2,6H,1H3. The summed E-state index contributed by atoms with van der Waals surface area (Å²) in [4.78, 5) is 14.6. The Morgan fingerprint density at radius 1 is 1.42 bits per heavy atom. The minimum Gasteiger partial charge on any atom is -0.464 e. The van der Waals surface area contributed by atoms with E-state index in [9.17, 15) is 26.7 Å². The number of esters is 1. The van der Waals surface area contributed by atoms with Gasteiger partial charge in [0.25, 0.3) is 6.43 Å². The first-order valence-electron chi connectivity index (χ1n) is 4.48. The molecule has 0 bridgehead atoms. The SMILES string of the molecule is COC(=O)c1nc(I)c(OC(F)(F)F)cc1C(F)F. The lowest BCUT2D eigenvalue weighted by Gasteiger charge is -2.13. The van der Waals surface area contributed by atoms with Crippen molar-refractivity contribution in [2.45, 2.75) is 12.8 Å². The summed E-state index contributed by atoms with van der Waals surface area (Å²) in [6.07, 6.45) is -8.25. The van der Waals surface area contributed by atoms with Gasteiger partial charge in [0.1, 0.15) is 3.70 Å². The van der Waals surface area contributed by atoms with Gasteiger partial charge in [0, 0.05) is 0 Å². The number of carbonyl (C=O) groups excluding carboxylic acids is 1. The zero-order valence-corrected chi connectivity index (χ0v) is 11.3. The first kappa shape index (κ1) is 15.9. The Balaban J connectivity index is 3.32. The second-order valence-corrected chi connectivity index (χ2v) is 4.08. The van der Waals surface area contributed by atoms with E-state index in [-0.39, 0.29) is 3.70 Å². The molecule has 1 aromatic rings. The minimum absolute atomic E-state index is 0.389. The van der Waals surface area contributed by atoms with Crippen molar-refractivity contribution in [2.24, 2.45) is 0 Å². The van der Waals surface area contributed by atoms with Gasteiger partial charge in [0.05, 0.1) is 12.7 Å². The first-order valence-corrected chi connectivity index (χ1v) is 5.56. The number of halogens is 6. The van der Waals surface area contributed by atoms with Crippen molar-refractivity contribution >= 4 is 28.6 Å². The van der Waals surface area contributed by atoms with Crippen molar-refractivity contribution in [1.29, 1.82) is 0 Å². The number of hydrogen-bond donors (Lipinski definition) is 0. The van der Waals surface area contributed by atoms with Gasteiger partial charge in [0.2, 0.25) is 0 Å². The number of carbonyl (C=O) groups is 1. The van der Waals surface area contributed by atoms with E-state index in [0.29, 0.717) is 6.07 Å². The van der Waals surface area contributed by atoms with Crippen LogP contribution in [0.4, 0.5) is 22.0 Å². The molecule has 0 saturated heterocycles. The molecule has 106 valence electrons. The predicted molar refractivity (Wildman–Crippen MR) is 59.9 cm³/mol. The fourth-order valence-electron chi connectivity index (χ4n) is 1.11. The highest BCUT2D eigenvalue weighted by Crippen LogP contribution is 2.32. The van der Waals surface area contributed by atoms with Crippen LogP contribution in [0.5, 0.6) is 5.75 Å². The maximum absolute atomic E-state index is 12.7. The molecule has 0 aliphatic heterocycles. The monoisotopic (exact) mass is 397 g/mol. The lowest BCUT2D eigenvalue weighted by Crippen LogP contribution is -2.19. The van der Waals surface area contributed by atoms with Crippen LogP contribution in [0.25, 0.3) is 0 Å². The molecule has 4 nitrogen and oxygen atoms in total. The molecule has 0 amide bonds. The summed E-state index contributed by atoms with van der Waals surface area (Å²) in [6, 6.07) is 0.416. The number of alkyl halides is 5. The molecule has 0 aromatic carbocycles. The van der Waals surface area contributed by atoms with Crippen LogP contribution >= 0.6 is 22.6 Å². The first-order chi connectivity index (χ1) is 8.65. The zero-order chi connectivity index (χ0) is 14.8. The molecule has 19 heavy (non-hydrogen) atoms. The van der Waals surface area contributed by atoms with Gasteiger partial charge in [-0.2, -0.15) is 0 Å². The molecular weight excluding hydrogens is 392 g/mol. The summed E-state index contributed by atoms with van der Waals surface area (Å²) in [5, 5.41) is 0. The molecule has 0 aliphatic carbocycles. The van der Waals surface area contributed by atoms with Crippen molar-refractivity contribution in [3.8, 4) is 5.75 Å². The molecule has 0 radical (unpaired) electrons. The summed E-state index contributed by atoms with van der Waals surface area (Å²) >= 11 is 1.33. The lowest BCUT2D eigenvalue weighted by atomic mass is 10.2. The molecule has 0 saturated carbocycles. The average molecular weight is 397 g/mol. The third-order valence-corrected chi connectivity index (χ3v) is 2.59. The Kier molecular flexibility index (Phi) is 4.87. The van der Waals surface area contributed by atoms with Gasteiger partial charge in [0.15, 0.2) is 11.4 Å². The van der Waals surface area contributed by atoms with Crippen molar-refractivity contribution in [3.05, 3.63) is 21.0 Å². The van der Waals surface area contributed by atoms with E-state index in [1.54, 1.807) is 0 Å². The van der Waals surface area contributed by atoms with E-state index >= 15 is 0 Å². The van der Waals surface area contributed by atoms with Gasteiger partial charge in [-0.25, -0.2) is 18.6 Å². The smallest absolute Gasteiger partial charge is 0.464 e. The molecule has 10 heteroatoms. The maximum atomic E-state index is 12.7. The number of rotatable bonds is 3. The van der Waals surface area contributed by atoms with Gasteiger partial charge in [-0.05, 0) is 28.7 Å². The van der Waals surface area contributed by atoms with Crippen LogP contribution in [-0.4, -0.2) is 24.4 Å². The van der Waals surface area contributed by atoms with Crippen LogP contribution in [0.2, 0.25) is 0 Å². The molecular formula is C9H5F5INO3. The fourth-order valence-corrected chi connectivity index (χ4v) is 1.62. The van der Waals surface area contributed by atoms with E-state index in [4.69, 9.17) is 0 Å². The Bertz CT molecular complexity index is 491. The largest absolute Gasteiger partial charge is 0.573 e. The number of pyridine rings is 1. The van der Waals surface area contributed by atoms with E-state index in [1.165, 1.54) is 22.6 Å². The highest BCUT2D eigenvalue weighted by molar-refractivity contribution is 14.1. The van der Waals surface area contributed by atoms with Crippen molar-refractivity contribution in [2.75, 3.05) is 7.11 Å². The number of methoxy groups -OCH3 is 1. The molecule has 0 aliphatic rings. The van der Waals surface area contributed by atoms with E-state index in [1.807, 2.05) is 0 Å². The van der Waals surface area contributed by atoms with Crippen LogP contribution < -0.4 is 4.74 Å². The van der Waals surface area contributed by atoms with Gasteiger partial charge in [-0.15, -0.1) is 13.2 Å².